The highest BCUT2D eigenvalue weighted by Gasteiger charge is 2.14. The Morgan fingerprint density at radius 2 is 2.00 bits per heavy atom. The molecule has 110 valence electrons. The number of rotatable bonds is 3. The number of carbonyl (C=O) groups is 1. The zero-order valence-corrected chi connectivity index (χ0v) is 11.8. The molecule has 1 aromatic heterocycles. The quantitative estimate of drug-likeness (QED) is 0.836. The molecule has 6 nitrogen and oxygen atoms in total. The van der Waals surface area contributed by atoms with Gasteiger partial charge in [0.15, 0.2) is 14.9 Å². The van der Waals surface area contributed by atoms with Crippen LogP contribution in [0, 0.1) is 5.82 Å². The summed E-state index contributed by atoms with van der Waals surface area (Å²) in [5.41, 5.74) is 5.50. The van der Waals surface area contributed by atoms with E-state index in [1.807, 2.05) is 0 Å². The number of sulfone groups is 1. The van der Waals surface area contributed by atoms with Gasteiger partial charge in [-0.25, -0.2) is 17.8 Å². The van der Waals surface area contributed by atoms with E-state index in [9.17, 15) is 17.6 Å². The number of amides is 1. The number of halogens is 1. The van der Waals surface area contributed by atoms with Gasteiger partial charge in [-0.15, -0.1) is 0 Å². The van der Waals surface area contributed by atoms with Crippen LogP contribution in [0.5, 0.6) is 0 Å². The Morgan fingerprint density at radius 3 is 2.57 bits per heavy atom. The third-order valence-corrected chi connectivity index (χ3v) is 3.67. The number of para-hydroxylation sites is 1. The maximum Gasteiger partial charge on any atom is 0.257 e. The summed E-state index contributed by atoms with van der Waals surface area (Å²) in [7, 11) is -3.41. The molecule has 0 aliphatic heterocycles. The Kier molecular flexibility index (Phi) is 3.90. The summed E-state index contributed by atoms with van der Waals surface area (Å²) in [5, 5.41) is 2.36. The molecule has 0 radical (unpaired) electrons. The van der Waals surface area contributed by atoms with Gasteiger partial charge >= 0.3 is 0 Å². The number of aromatic nitrogens is 1. The number of nitrogens with one attached hydrogen (secondary N) is 1. The lowest BCUT2D eigenvalue weighted by molar-refractivity contribution is 0.102. The Balaban J connectivity index is 2.22. The van der Waals surface area contributed by atoms with E-state index in [2.05, 4.69) is 10.3 Å². The molecule has 0 atom stereocenters. The van der Waals surface area contributed by atoms with E-state index in [0.717, 1.165) is 12.3 Å². The molecule has 2 aromatic rings. The summed E-state index contributed by atoms with van der Waals surface area (Å²) < 4.78 is 35.8. The van der Waals surface area contributed by atoms with Gasteiger partial charge < -0.3 is 11.1 Å². The van der Waals surface area contributed by atoms with Crippen molar-refractivity contribution in [1.82, 2.24) is 4.98 Å². The first-order valence-corrected chi connectivity index (χ1v) is 7.69. The number of pyridine rings is 1. The van der Waals surface area contributed by atoms with Gasteiger partial charge in [-0.2, -0.15) is 0 Å². The average molecular weight is 309 g/mol. The van der Waals surface area contributed by atoms with Gasteiger partial charge in [0, 0.05) is 6.26 Å². The molecule has 1 aromatic carbocycles. The summed E-state index contributed by atoms with van der Waals surface area (Å²) in [6, 6.07) is 6.54. The second-order valence-electron chi connectivity index (χ2n) is 4.31. The van der Waals surface area contributed by atoms with Crippen molar-refractivity contribution in [2.45, 2.75) is 5.03 Å². The molecule has 2 rings (SSSR count). The van der Waals surface area contributed by atoms with Crippen LogP contribution in [-0.4, -0.2) is 25.6 Å². The van der Waals surface area contributed by atoms with Gasteiger partial charge in [0.25, 0.3) is 5.91 Å². The molecule has 8 heteroatoms. The highest BCUT2D eigenvalue weighted by Crippen LogP contribution is 2.18. The SMILES string of the molecule is CS(=O)(=O)c1ccc(NC(=O)c2cccc(F)c2N)cn1. The van der Waals surface area contributed by atoms with E-state index in [0.29, 0.717) is 0 Å². The summed E-state index contributed by atoms with van der Waals surface area (Å²) in [4.78, 5) is 15.7. The van der Waals surface area contributed by atoms with Crippen molar-refractivity contribution in [3.63, 3.8) is 0 Å². The normalized spacial score (nSPS) is 11.1. The fraction of sp³-hybridized carbons (Fsp3) is 0.0769. The number of carbonyl (C=O) groups excluding carboxylic acids is 1. The minimum absolute atomic E-state index is 0.0119. The maximum atomic E-state index is 13.3. The summed E-state index contributed by atoms with van der Waals surface area (Å²) in [5.74, 6) is -1.30. The molecule has 1 amide bonds. The van der Waals surface area contributed by atoms with Crippen LogP contribution in [0.4, 0.5) is 15.8 Å². The highest BCUT2D eigenvalue weighted by molar-refractivity contribution is 7.90. The molecule has 0 spiro atoms. The minimum atomic E-state index is -3.41. The third-order valence-electron chi connectivity index (χ3n) is 2.67. The molecule has 0 aliphatic rings. The number of anilines is 2. The van der Waals surface area contributed by atoms with Crippen LogP contribution in [0.25, 0.3) is 0 Å². The topological polar surface area (TPSA) is 102 Å². The average Bonchev–Trinajstić information content (AvgIpc) is 2.41. The van der Waals surface area contributed by atoms with E-state index in [4.69, 9.17) is 5.73 Å². The Bertz CT molecular complexity index is 789. The van der Waals surface area contributed by atoms with Crippen molar-refractivity contribution in [1.29, 1.82) is 0 Å². The van der Waals surface area contributed by atoms with Crippen molar-refractivity contribution < 1.29 is 17.6 Å². The van der Waals surface area contributed by atoms with Gasteiger partial charge in [0.2, 0.25) is 0 Å². The Labute approximate surface area is 120 Å². The molecular formula is C13H12FN3O3S. The lowest BCUT2D eigenvalue weighted by Gasteiger charge is -2.08. The standard InChI is InChI=1S/C13H12FN3O3S/c1-21(19,20)11-6-5-8(7-16-11)17-13(18)9-3-2-4-10(14)12(9)15/h2-7H,15H2,1H3,(H,17,18). The van der Waals surface area contributed by atoms with E-state index in [1.165, 1.54) is 30.5 Å². The van der Waals surface area contributed by atoms with Gasteiger partial charge in [0.1, 0.15) is 5.82 Å². The predicted octanol–water partition coefficient (Wildman–Crippen LogP) is 1.46. The molecule has 0 fully saturated rings. The van der Waals surface area contributed by atoms with Crippen LogP contribution in [0.1, 0.15) is 10.4 Å². The largest absolute Gasteiger partial charge is 0.396 e. The monoisotopic (exact) mass is 309 g/mol. The van der Waals surface area contributed by atoms with E-state index in [-0.39, 0.29) is 22.0 Å². The van der Waals surface area contributed by atoms with Crippen LogP contribution < -0.4 is 11.1 Å². The minimum Gasteiger partial charge on any atom is -0.396 e. The summed E-state index contributed by atoms with van der Waals surface area (Å²) in [6.45, 7) is 0. The molecule has 0 unspecified atom stereocenters. The van der Waals surface area contributed by atoms with Crippen molar-refractivity contribution in [3.05, 3.63) is 47.9 Å². The molecule has 0 aliphatic carbocycles. The fourth-order valence-electron chi connectivity index (χ4n) is 1.61. The fourth-order valence-corrected chi connectivity index (χ4v) is 2.17. The van der Waals surface area contributed by atoms with Gasteiger partial charge in [-0.3, -0.25) is 4.79 Å². The molecule has 1 heterocycles. The highest BCUT2D eigenvalue weighted by atomic mass is 32.2. The molecule has 21 heavy (non-hydrogen) atoms. The molecular weight excluding hydrogens is 297 g/mol. The Hall–Kier alpha value is -2.48. The lowest BCUT2D eigenvalue weighted by Crippen LogP contribution is -2.15. The third kappa shape index (κ3) is 3.34. The van der Waals surface area contributed by atoms with E-state index >= 15 is 0 Å². The van der Waals surface area contributed by atoms with Crippen molar-refractivity contribution in [2.75, 3.05) is 17.3 Å². The van der Waals surface area contributed by atoms with Crippen LogP contribution in [-0.2, 0) is 9.84 Å². The first-order valence-electron chi connectivity index (χ1n) is 5.80. The first kappa shape index (κ1) is 14.9. The van der Waals surface area contributed by atoms with Crippen LogP contribution in [0.3, 0.4) is 0 Å². The van der Waals surface area contributed by atoms with E-state index < -0.39 is 21.6 Å². The molecule has 0 saturated carbocycles. The van der Waals surface area contributed by atoms with Crippen molar-refractivity contribution in [3.8, 4) is 0 Å². The molecule has 0 saturated heterocycles. The molecule has 3 N–H and O–H groups in total. The van der Waals surface area contributed by atoms with Gasteiger partial charge in [-0.1, -0.05) is 6.07 Å². The number of hydrogen-bond acceptors (Lipinski definition) is 5. The Morgan fingerprint density at radius 1 is 1.29 bits per heavy atom. The lowest BCUT2D eigenvalue weighted by atomic mass is 10.1. The summed E-state index contributed by atoms with van der Waals surface area (Å²) >= 11 is 0. The maximum absolute atomic E-state index is 13.3. The van der Waals surface area contributed by atoms with Crippen molar-refractivity contribution in [2.24, 2.45) is 0 Å². The second kappa shape index (κ2) is 5.49. The van der Waals surface area contributed by atoms with Crippen LogP contribution >= 0.6 is 0 Å². The number of nitrogens with zero attached hydrogens (tertiary/aromatic N) is 1. The summed E-state index contributed by atoms with van der Waals surface area (Å²) in [6.07, 6.45) is 2.23. The van der Waals surface area contributed by atoms with E-state index in [1.54, 1.807) is 0 Å². The zero-order valence-electron chi connectivity index (χ0n) is 11.0. The second-order valence-corrected chi connectivity index (χ2v) is 6.28. The number of hydrogen-bond donors (Lipinski definition) is 2. The molecule has 0 bridgehead atoms. The zero-order chi connectivity index (χ0) is 15.6. The number of nitrogen functional groups attached to an aromatic ring is 1. The number of benzene rings is 1. The van der Waals surface area contributed by atoms with Crippen LogP contribution in [0.2, 0.25) is 0 Å². The van der Waals surface area contributed by atoms with Gasteiger partial charge in [0.05, 0.1) is 23.1 Å². The predicted molar refractivity (Wildman–Crippen MR) is 76.1 cm³/mol. The number of nitrogens with two attached hydrogens (primary N) is 1. The van der Waals surface area contributed by atoms with Crippen molar-refractivity contribution >= 4 is 27.1 Å². The van der Waals surface area contributed by atoms with Crippen LogP contribution in [0.15, 0.2) is 41.6 Å². The first-order chi connectivity index (χ1) is 9.79. The van der Waals surface area contributed by atoms with Gasteiger partial charge in [-0.05, 0) is 24.3 Å². The smallest absolute Gasteiger partial charge is 0.257 e.